The molecule has 22 heavy (non-hydrogen) atoms. The number of benzene rings is 2. The maximum atomic E-state index is 6.11. The number of hydrogen-bond donors (Lipinski definition) is 1. The molecule has 0 aliphatic rings. The van der Waals surface area contributed by atoms with Crippen molar-refractivity contribution in [1.82, 2.24) is 4.98 Å². The van der Waals surface area contributed by atoms with E-state index in [4.69, 9.17) is 28.9 Å². The van der Waals surface area contributed by atoms with E-state index >= 15 is 0 Å². The van der Waals surface area contributed by atoms with E-state index < -0.39 is 0 Å². The lowest BCUT2D eigenvalue weighted by molar-refractivity contribution is 1.05. The van der Waals surface area contributed by atoms with E-state index in [1.54, 1.807) is 6.20 Å². The summed E-state index contributed by atoms with van der Waals surface area (Å²) >= 11 is 12.1. The van der Waals surface area contributed by atoms with Gasteiger partial charge in [-0.05, 0) is 41.5 Å². The zero-order valence-electron chi connectivity index (χ0n) is 11.8. The normalized spacial score (nSPS) is 10.7. The molecule has 0 aliphatic carbocycles. The van der Waals surface area contributed by atoms with Gasteiger partial charge in [-0.25, -0.2) is 0 Å². The van der Waals surface area contributed by atoms with Gasteiger partial charge in [-0.3, -0.25) is 4.98 Å². The third kappa shape index (κ3) is 3.14. The third-order valence-electron chi connectivity index (χ3n) is 3.43. The van der Waals surface area contributed by atoms with E-state index in [0.29, 0.717) is 16.6 Å². The molecule has 0 unspecified atom stereocenters. The van der Waals surface area contributed by atoms with Crippen LogP contribution < -0.4 is 5.73 Å². The predicted octanol–water partition coefficient (Wildman–Crippen LogP) is 5.18. The van der Waals surface area contributed by atoms with Crippen molar-refractivity contribution in [2.45, 2.75) is 6.54 Å². The number of nitrogens with zero attached hydrogens (tertiary/aromatic N) is 1. The quantitative estimate of drug-likeness (QED) is 0.719. The molecule has 0 bridgehead atoms. The van der Waals surface area contributed by atoms with Crippen LogP contribution in [0.1, 0.15) is 5.56 Å². The molecule has 2 aromatic carbocycles. The minimum atomic E-state index is 0.448. The summed E-state index contributed by atoms with van der Waals surface area (Å²) in [5, 5.41) is 1.39. The second-order valence-electron chi connectivity index (χ2n) is 4.96. The molecule has 4 heteroatoms. The first-order valence-corrected chi connectivity index (χ1v) is 7.64. The fourth-order valence-corrected chi connectivity index (χ4v) is 2.65. The molecule has 110 valence electrons. The van der Waals surface area contributed by atoms with Crippen LogP contribution in [0.3, 0.4) is 0 Å². The molecule has 0 spiro atoms. The average molecular weight is 329 g/mol. The summed E-state index contributed by atoms with van der Waals surface area (Å²) < 4.78 is 0. The Morgan fingerprint density at radius 3 is 2.32 bits per heavy atom. The Hall–Kier alpha value is -1.87. The predicted molar refractivity (Wildman–Crippen MR) is 93.0 cm³/mol. The van der Waals surface area contributed by atoms with Crippen molar-refractivity contribution in [2.24, 2.45) is 5.73 Å². The van der Waals surface area contributed by atoms with Crippen molar-refractivity contribution in [3.63, 3.8) is 0 Å². The van der Waals surface area contributed by atoms with Crippen molar-refractivity contribution >= 4 is 23.2 Å². The van der Waals surface area contributed by atoms with Crippen LogP contribution in [-0.2, 0) is 6.54 Å². The minimum absolute atomic E-state index is 0.448. The number of hydrogen-bond acceptors (Lipinski definition) is 2. The Bertz CT molecular complexity index is 798. The van der Waals surface area contributed by atoms with Crippen molar-refractivity contribution < 1.29 is 0 Å². The molecule has 0 amide bonds. The maximum absolute atomic E-state index is 6.11. The highest BCUT2D eigenvalue weighted by Crippen LogP contribution is 2.32. The second-order valence-corrected chi connectivity index (χ2v) is 5.83. The number of rotatable bonds is 3. The zero-order chi connectivity index (χ0) is 15.5. The highest BCUT2D eigenvalue weighted by molar-refractivity contribution is 6.31. The van der Waals surface area contributed by atoms with Crippen LogP contribution in [0.4, 0.5) is 0 Å². The lowest BCUT2D eigenvalue weighted by Gasteiger charge is -2.11. The molecule has 0 saturated heterocycles. The summed E-state index contributed by atoms with van der Waals surface area (Å²) in [4.78, 5) is 4.59. The van der Waals surface area contributed by atoms with Crippen LogP contribution in [-0.4, -0.2) is 4.98 Å². The van der Waals surface area contributed by atoms with Gasteiger partial charge < -0.3 is 5.73 Å². The molecule has 2 N–H and O–H groups in total. The van der Waals surface area contributed by atoms with Gasteiger partial charge in [-0.2, -0.15) is 0 Å². The topological polar surface area (TPSA) is 38.9 Å². The van der Waals surface area contributed by atoms with Crippen LogP contribution in [0.2, 0.25) is 10.0 Å². The lowest BCUT2D eigenvalue weighted by atomic mass is 9.98. The summed E-state index contributed by atoms with van der Waals surface area (Å²) in [6.07, 6.45) is 1.80. The first-order valence-electron chi connectivity index (χ1n) is 6.88. The van der Waals surface area contributed by atoms with Gasteiger partial charge in [0.15, 0.2) is 0 Å². The van der Waals surface area contributed by atoms with Crippen LogP contribution in [0.15, 0.2) is 60.8 Å². The van der Waals surface area contributed by atoms with E-state index in [2.05, 4.69) is 11.1 Å². The molecule has 0 atom stereocenters. The molecule has 3 aromatic rings. The number of aromatic nitrogens is 1. The smallest absolute Gasteiger partial charge is 0.0781 e. The van der Waals surface area contributed by atoms with Crippen molar-refractivity contribution in [2.75, 3.05) is 0 Å². The van der Waals surface area contributed by atoms with Crippen LogP contribution in [0, 0.1) is 0 Å². The Morgan fingerprint density at radius 2 is 1.64 bits per heavy atom. The third-order valence-corrected chi connectivity index (χ3v) is 3.92. The van der Waals surface area contributed by atoms with Gasteiger partial charge in [-0.1, -0.05) is 47.5 Å². The van der Waals surface area contributed by atoms with Gasteiger partial charge in [0, 0.05) is 33.9 Å². The lowest BCUT2D eigenvalue weighted by Crippen LogP contribution is -1.99. The number of halogens is 2. The van der Waals surface area contributed by atoms with Crippen LogP contribution in [0.5, 0.6) is 0 Å². The van der Waals surface area contributed by atoms with E-state index in [1.807, 2.05) is 48.5 Å². The molecule has 3 rings (SSSR count). The Kier molecular flexibility index (Phi) is 4.44. The minimum Gasteiger partial charge on any atom is -0.326 e. The maximum Gasteiger partial charge on any atom is 0.0781 e. The molecule has 1 heterocycles. The van der Waals surface area contributed by atoms with Gasteiger partial charge in [0.05, 0.1) is 5.69 Å². The van der Waals surface area contributed by atoms with Crippen LogP contribution in [0.25, 0.3) is 22.4 Å². The average Bonchev–Trinajstić information content (AvgIpc) is 2.55. The van der Waals surface area contributed by atoms with Gasteiger partial charge in [0.1, 0.15) is 0 Å². The molecule has 0 aliphatic heterocycles. The highest BCUT2D eigenvalue weighted by Gasteiger charge is 2.10. The molecule has 1 aromatic heterocycles. The van der Waals surface area contributed by atoms with E-state index in [0.717, 1.165) is 27.9 Å². The fourth-order valence-electron chi connectivity index (χ4n) is 2.33. The second kappa shape index (κ2) is 6.49. The van der Waals surface area contributed by atoms with Gasteiger partial charge in [-0.15, -0.1) is 0 Å². The summed E-state index contributed by atoms with van der Waals surface area (Å²) in [6.45, 7) is 0.448. The molecule has 2 nitrogen and oxygen atoms in total. The summed E-state index contributed by atoms with van der Waals surface area (Å²) in [7, 11) is 0. The van der Waals surface area contributed by atoms with Crippen LogP contribution >= 0.6 is 23.2 Å². The zero-order valence-corrected chi connectivity index (χ0v) is 13.3. The molecule has 0 fully saturated rings. The van der Waals surface area contributed by atoms with Crippen molar-refractivity contribution in [1.29, 1.82) is 0 Å². The summed E-state index contributed by atoms with van der Waals surface area (Å²) in [6, 6.07) is 17.4. The van der Waals surface area contributed by atoms with Crippen molar-refractivity contribution in [3.8, 4) is 22.4 Å². The number of nitrogens with two attached hydrogens (primary N) is 1. The monoisotopic (exact) mass is 328 g/mol. The summed E-state index contributed by atoms with van der Waals surface area (Å²) in [5.74, 6) is 0. The van der Waals surface area contributed by atoms with Gasteiger partial charge >= 0.3 is 0 Å². The molecular formula is C18H14Cl2N2. The number of pyridine rings is 1. The molecule has 0 radical (unpaired) electrons. The Balaban J connectivity index is 2.19. The first-order chi connectivity index (χ1) is 10.7. The Morgan fingerprint density at radius 1 is 0.864 bits per heavy atom. The largest absolute Gasteiger partial charge is 0.326 e. The van der Waals surface area contributed by atoms with Gasteiger partial charge in [0.2, 0.25) is 0 Å². The molecular weight excluding hydrogens is 315 g/mol. The highest BCUT2D eigenvalue weighted by atomic mass is 35.5. The van der Waals surface area contributed by atoms with E-state index in [1.165, 1.54) is 0 Å². The van der Waals surface area contributed by atoms with E-state index in [9.17, 15) is 0 Å². The Labute approximate surface area is 139 Å². The first kappa shape index (κ1) is 15.0. The van der Waals surface area contributed by atoms with Gasteiger partial charge in [0.25, 0.3) is 0 Å². The summed E-state index contributed by atoms with van der Waals surface area (Å²) in [5.41, 5.74) is 10.6. The van der Waals surface area contributed by atoms with E-state index in [-0.39, 0.29) is 0 Å². The van der Waals surface area contributed by atoms with Crippen molar-refractivity contribution in [3.05, 3.63) is 76.4 Å². The standard InChI is InChI=1S/C18H14Cl2N2/c19-15-6-4-13(5-7-15)17-8-12(10-21)11-22-18(17)14-2-1-3-16(20)9-14/h1-9,11H,10,21H2. The fraction of sp³-hybridized carbons (Fsp3) is 0.0556. The SMILES string of the molecule is NCc1cnc(-c2cccc(Cl)c2)c(-c2ccc(Cl)cc2)c1. The molecule has 0 saturated carbocycles.